The number of rotatable bonds is 4. The molecule has 110 valence electrons. The number of benzene rings is 1. The highest BCUT2D eigenvalue weighted by Gasteiger charge is 2.27. The zero-order chi connectivity index (χ0) is 14.6. The van der Waals surface area contributed by atoms with Crippen molar-refractivity contribution < 1.29 is 18.0 Å². The summed E-state index contributed by atoms with van der Waals surface area (Å²) >= 11 is 0. The molecule has 0 saturated carbocycles. The lowest BCUT2D eigenvalue weighted by Crippen LogP contribution is -2.40. The molecule has 0 aromatic heterocycles. The van der Waals surface area contributed by atoms with Crippen LogP contribution in [0.1, 0.15) is 30.0 Å². The summed E-state index contributed by atoms with van der Waals surface area (Å²) in [5, 5.41) is 4.89. The topological polar surface area (TPSA) is 41.1 Å². The summed E-state index contributed by atoms with van der Waals surface area (Å²) < 4.78 is 35.9. The molecule has 1 aliphatic carbocycles. The third kappa shape index (κ3) is 4.23. The van der Waals surface area contributed by atoms with Gasteiger partial charge in [-0.05, 0) is 30.4 Å². The van der Waals surface area contributed by atoms with Crippen LogP contribution in [0.25, 0.3) is 0 Å². The number of fused-ring (bicyclic) bond motifs is 1. The number of carbonyl (C=O) groups is 1. The number of alkyl halides is 3. The molecule has 1 aromatic rings. The summed E-state index contributed by atoms with van der Waals surface area (Å²) in [6.07, 6.45) is -1.52. The predicted molar refractivity (Wildman–Crippen MR) is 69.2 cm³/mol. The Kier molecular flexibility index (Phi) is 4.65. The van der Waals surface area contributed by atoms with Crippen molar-refractivity contribution in [3.8, 4) is 0 Å². The van der Waals surface area contributed by atoms with Crippen molar-refractivity contribution in [3.63, 3.8) is 0 Å². The van der Waals surface area contributed by atoms with Crippen LogP contribution in [0.5, 0.6) is 0 Å². The molecule has 2 N–H and O–H groups in total. The molecule has 0 fully saturated rings. The van der Waals surface area contributed by atoms with Crippen LogP contribution in [0, 0.1) is 0 Å². The number of nitrogens with one attached hydrogen (secondary N) is 2. The molecule has 3 nitrogen and oxygen atoms in total. The van der Waals surface area contributed by atoms with Crippen LogP contribution >= 0.6 is 0 Å². The first kappa shape index (κ1) is 14.8. The average molecular weight is 286 g/mol. The number of hydrogen-bond donors (Lipinski definition) is 2. The van der Waals surface area contributed by atoms with E-state index >= 15 is 0 Å². The molecule has 0 bridgehead atoms. The smallest absolute Gasteiger partial charge is 0.348 e. The molecule has 1 aromatic carbocycles. The second-order valence-electron chi connectivity index (χ2n) is 4.93. The second-order valence-corrected chi connectivity index (χ2v) is 4.93. The van der Waals surface area contributed by atoms with Gasteiger partial charge in [0.2, 0.25) is 5.91 Å². The van der Waals surface area contributed by atoms with E-state index in [9.17, 15) is 18.0 Å². The molecule has 6 heteroatoms. The molecule has 0 aliphatic heterocycles. The van der Waals surface area contributed by atoms with Gasteiger partial charge in [-0.25, -0.2) is 0 Å². The molecule has 1 amide bonds. The van der Waals surface area contributed by atoms with Gasteiger partial charge in [0.05, 0.1) is 19.1 Å². The lowest BCUT2D eigenvalue weighted by molar-refractivity contribution is -0.128. The monoisotopic (exact) mass is 286 g/mol. The van der Waals surface area contributed by atoms with E-state index in [1.807, 2.05) is 24.3 Å². The SMILES string of the molecule is O=C(CNCC(F)(F)F)NC1CCCc2ccccc21. The average Bonchev–Trinajstić information content (AvgIpc) is 2.37. The van der Waals surface area contributed by atoms with Crippen molar-refractivity contribution in [2.75, 3.05) is 13.1 Å². The fourth-order valence-electron chi connectivity index (χ4n) is 2.47. The van der Waals surface area contributed by atoms with E-state index in [2.05, 4.69) is 10.6 Å². The van der Waals surface area contributed by atoms with E-state index in [0.29, 0.717) is 0 Å². The lowest BCUT2D eigenvalue weighted by atomic mass is 9.88. The van der Waals surface area contributed by atoms with Gasteiger partial charge in [0, 0.05) is 0 Å². The summed E-state index contributed by atoms with van der Waals surface area (Å²) in [6, 6.07) is 7.75. The Bertz CT molecular complexity index is 474. The fourth-order valence-corrected chi connectivity index (χ4v) is 2.47. The minimum atomic E-state index is -4.29. The molecule has 0 heterocycles. The van der Waals surface area contributed by atoms with Gasteiger partial charge in [-0.15, -0.1) is 0 Å². The molecule has 20 heavy (non-hydrogen) atoms. The molecule has 0 spiro atoms. The molecular weight excluding hydrogens is 269 g/mol. The molecule has 2 rings (SSSR count). The quantitative estimate of drug-likeness (QED) is 0.892. The maximum Gasteiger partial charge on any atom is 0.401 e. The van der Waals surface area contributed by atoms with Gasteiger partial charge >= 0.3 is 6.18 Å². The number of carbonyl (C=O) groups excluding carboxylic acids is 1. The van der Waals surface area contributed by atoms with Gasteiger partial charge in [0.1, 0.15) is 0 Å². The Hall–Kier alpha value is -1.56. The van der Waals surface area contributed by atoms with Crippen LogP contribution in [-0.2, 0) is 11.2 Å². The molecule has 0 saturated heterocycles. The van der Waals surface area contributed by atoms with Crippen molar-refractivity contribution in [2.45, 2.75) is 31.5 Å². The zero-order valence-electron chi connectivity index (χ0n) is 11.0. The highest BCUT2D eigenvalue weighted by molar-refractivity contribution is 5.78. The minimum Gasteiger partial charge on any atom is -0.348 e. The zero-order valence-corrected chi connectivity index (χ0v) is 11.0. The standard InChI is InChI=1S/C14H17F3N2O/c15-14(16,17)9-18-8-13(20)19-12-7-3-5-10-4-1-2-6-11(10)12/h1-2,4,6,12,18H,3,5,7-9H2,(H,19,20). The number of aryl methyl sites for hydroxylation is 1. The first-order valence-electron chi connectivity index (χ1n) is 6.60. The van der Waals surface area contributed by atoms with Crippen molar-refractivity contribution in [1.29, 1.82) is 0 Å². The van der Waals surface area contributed by atoms with Crippen LogP contribution in [0.15, 0.2) is 24.3 Å². The highest BCUT2D eigenvalue weighted by Crippen LogP contribution is 2.29. The van der Waals surface area contributed by atoms with Gasteiger partial charge in [0.15, 0.2) is 0 Å². The molecule has 1 atom stereocenters. The van der Waals surface area contributed by atoms with E-state index in [4.69, 9.17) is 0 Å². The van der Waals surface area contributed by atoms with E-state index in [-0.39, 0.29) is 12.6 Å². The summed E-state index contributed by atoms with van der Waals surface area (Å²) in [5.74, 6) is -0.407. The third-order valence-corrected chi connectivity index (χ3v) is 3.32. The highest BCUT2D eigenvalue weighted by atomic mass is 19.4. The fraction of sp³-hybridized carbons (Fsp3) is 0.500. The molecular formula is C14H17F3N2O. The summed E-state index contributed by atoms with van der Waals surface area (Å²) in [7, 11) is 0. The Morgan fingerprint density at radius 1 is 1.30 bits per heavy atom. The first-order chi connectivity index (χ1) is 9.46. The van der Waals surface area contributed by atoms with Crippen LogP contribution < -0.4 is 10.6 Å². The summed E-state index contributed by atoms with van der Waals surface area (Å²) in [5.41, 5.74) is 2.27. The normalized spacial score (nSPS) is 18.4. The van der Waals surface area contributed by atoms with Crippen LogP contribution in [-0.4, -0.2) is 25.2 Å². The maximum atomic E-state index is 12.0. The lowest BCUT2D eigenvalue weighted by Gasteiger charge is -2.26. The summed E-state index contributed by atoms with van der Waals surface area (Å²) in [4.78, 5) is 11.7. The summed E-state index contributed by atoms with van der Waals surface area (Å²) in [6.45, 7) is -1.47. The van der Waals surface area contributed by atoms with Crippen molar-refractivity contribution in [3.05, 3.63) is 35.4 Å². The Labute approximate surface area is 115 Å². The van der Waals surface area contributed by atoms with Crippen molar-refractivity contribution in [1.82, 2.24) is 10.6 Å². The van der Waals surface area contributed by atoms with E-state index in [1.54, 1.807) is 0 Å². The third-order valence-electron chi connectivity index (χ3n) is 3.32. The van der Waals surface area contributed by atoms with E-state index in [1.165, 1.54) is 5.56 Å². The Morgan fingerprint density at radius 3 is 2.80 bits per heavy atom. The van der Waals surface area contributed by atoms with Gasteiger partial charge in [-0.1, -0.05) is 24.3 Å². The molecule has 0 radical (unpaired) electrons. The van der Waals surface area contributed by atoms with Crippen LogP contribution in [0.2, 0.25) is 0 Å². The largest absolute Gasteiger partial charge is 0.401 e. The number of amides is 1. The van der Waals surface area contributed by atoms with E-state index in [0.717, 1.165) is 24.8 Å². The van der Waals surface area contributed by atoms with Crippen molar-refractivity contribution >= 4 is 5.91 Å². The van der Waals surface area contributed by atoms with E-state index < -0.39 is 18.6 Å². The van der Waals surface area contributed by atoms with Crippen LogP contribution in [0.4, 0.5) is 13.2 Å². The maximum absolute atomic E-state index is 12.0. The first-order valence-corrected chi connectivity index (χ1v) is 6.60. The minimum absolute atomic E-state index is 0.0971. The van der Waals surface area contributed by atoms with Crippen molar-refractivity contribution in [2.24, 2.45) is 0 Å². The van der Waals surface area contributed by atoms with Gasteiger partial charge in [-0.2, -0.15) is 13.2 Å². The second kappa shape index (κ2) is 6.26. The van der Waals surface area contributed by atoms with Crippen LogP contribution in [0.3, 0.4) is 0 Å². The van der Waals surface area contributed by atoms with Gasteiger partial charge in [0.25, 0.3) is 0 Å². The predicted octanol–water partition coefficient (Wildman–Crippen LogP) is 2.33. The molecule has 1 unspecified atom stereocenters. The van der Waals surface area contributed by atoms with Gasteiger partial charge in [-0.3, -0.25) is 4.79 Å². The number of hydrogen-bond acceptors (Lipinski definition) is 2. The Morgan fingerprint density at radius 2 is 2.05 bits per heavy atom. The number of halogens is 3. The Balaban J connectivity index is 1.86. The van der Waals surface area contributed by atoms with Gasteiger partial charge < -0.3 is 10.6 Å². The molecule has 1 aliphatic rings.